The number of rotatable bonds is 1. The van der Waals surface area contributed by atoms with Gasteiger partial charge in [-0.2, -0.15) is 4.98 Å². The Morgan fingerprint density at radius 1 is 1.25 bits per heavy atom. The highest BCUT2D eigenvalue weighted by atomic mass is 16.1. The van der Waals surface area contributed by atoms with Gasteiger partial charge in [0.15, 0.2) is 11.4 Å². The van der Waals surface area contributed by atoms with Gasteiger partial charge in [0.05, 0.1) is 5.39 Å². The predicted octanol–water partition coefficient (Wildman–Crippen LogP) is 2.12. The van der Waals surface area contributed by atoms with E-state index in [1.165, 1.54) is 6.20 Å². The van der Waals surface area contributed by atoms with E-state index in [4.69, 9.17) is 5.73 Å². The Morgan fingerprint density at radius 2 is 2.08 bits per heavy atom. The molecule has 0 unspecified atom stereocenters. The molecule has 0 spiro atoms. The van der Waals surface area contributed by atoms with Gasteiger partial charge in [-0.3, -0.25) is 14.6 Å². The maximum atomic E-state index is 12.6. The van der Waals surface area contributed by atoms with Crippen LogP contribution in [0.15, 0.2) is 35.3 Å². The molecule has 2 heterocycles. The molecule has 6 nitrogen and oxygen atoms in total. The maximum absolute atomic E-state index is 12.6. The van der Waals surface area contributed by atoms with Gasteiger partial charge < -0.3 is 5.73 Å². The number of nitrogens with one attached hydrogen (secondary N) is 1. The van der Waals surface area contributed by atoms with Crippen molar-refractivity contribution in [1.29, 1.82) is 0 Å². The zero-order valence-corrected chi connectivity index (χ0v) is 13.2. The molecule has 6 heteroatoms. The summed E-state index contributed by atoms with van der Waals surface area (Å²) in [5, 5.41) is 0.368. The van der Waals surface area contributed by atoms with Crippen molar-refractivity contribution in [3.05, 3.63) is 63.1 Å². The molecule has 3 aromatic rings. The van der Waals surface area contributed by atoms with Gasteiger partial charge in [-0.15, -0.1) is 0 Å². The highest BCUT2D eigenvalue weighted by molar-refractivity contribution is 6.02. The molecular weight excluding hydrogens is 304 g/mol. The number of ketones is 1. The summed E-state index contributed by atoms with van der Waals surface area (Å²) in [6.07, 6.45) is 2.54. The third kappa shape index (κ3) is 2.27. The molecule has 4 rings (SSSR count). The molecule has 0 radical (unpaired) electrons. The number of hydrogen-bond acceptors (Lipinski definition) is 5. The number of H-pyrrole nitrogens is 1. The van der Waals surface area contributed by atoms with E-state index in [0.717, 1.165) is 16.7 Å². The van der Waals surface area contributed by atoms with Crippen molar-refractivity contribution in [3.8, 4) is 0 Å². The van der Waals surface area contributed by atoms with Gasteiger partial charge in [0.25, 0.3) is 5.56 Å². The third-order valence-corrected chi connectivity index (χ3v) is 4.56. The molecule has 1 aliphatic carbocycles. The number of anilines is 1. The van der Waals surface area contributed by atoms with Crippen LogP contribution in [0, 0.1) is 6.92 Å². The molecule has 0 amide bonds. The number of nitrogens with zero attached hydrogens (tertiary/aromatic N) is 2. The lowest BCUT2D eigenvalue weighted by atomic mass is 9.79. The van der Waals surface area contributed by atoms with Crippen molar-refractivity contribution < 1.29 is 4.79 Å². The zero-order valence-electron chi connectivity index (χ0n) is 13.2. The van der Waals surface area contributed by atoms with E-state index >= 15 is 0 Å². The Labute approximate surface area is 137 Å². The minimum absolute atomic E-state index is 0.00776. The summed E-state index contributed by atoms with van der Waals surface area (Å²) in [6.45, 7) is 2.03. The van der Waals surface area contributed by atoms with E-state index in [2.05, 4.69) is 21.0 Å². The molecule has 1 aliphatic rings. The minimum atomic E-state index is -0.348. The van der Waals surface area contributed by atoms with Gasteiger partial charge in [0, 0.05) is 18.2 Å². The van der Waals surface area contributed by atoms with Crippen molar-refractivity contribution in [3.63, 3.8) is 0 Å². The van der Waals surface area contributed by atoms with Gasteiger partial charge in [-0.05, 0) is 30.4 Å². The first-order valence-electron chi connectivity index (χ1n) is 7.80. The highest BCUT2D eigenvalue weighted by Crippen LogP contribution is 2.34. The van der Waals surface area contributed by atoms with E-state index in [1.54, 1.807) is 0 Å². The quantitative estimate of drug-likeness (QED) is 0.715. The highest BCUT2D eigenvalue weighted by Gasteiger charge is 2.29. The second kappa shape index (κ2) is 5.26. The molecule has 0 fully saturated rings. The van der Waals surface area contributed by atoms with Crippen molar-refractivity contribution in [2.45, 2.75) is 25.7 Å². The summed E-state index contributed by atoms with van der Waals surface area (Å²) in [5.74, 6) is 0.0816. The van der Waals surface area contributed by atoms with Crippen LogP contribution in [0.5, 0.6) is 0 Å². The van der Waals surface area contributed by atoms with Gasteiger partial charge in [-0.1, -0.05) is 29.8 Å². The van der Waals surface area contributed by atoms with Gasteiger partial charge in [0.2, 0.25) is 5.95 Å². The van der Waals surface area contributed by atoms with E-state index in [0.29, 0.717) is 23.8 Å². The fraction of sp³-hybridized carbons (Fsp3) is 0.222. The Morgan fingerprint density at radius 3 is 2.88 bits per heavy atom. The van der Waals surface area contributed by atoms with Crippen LogP contribution in [-0.2, 0) is 6.42 Å². The molecule has 24 heavy (non-hydrogen) atoms. The molecule has 0 saturated heterocycles. The zero-order chi connectivity index (χ0) is 16.8. The number of pyridine rings is 1. The van der Waals surface area contributed by atoms with Gasteiger partial charge >= 0.3 is 0 Å². The number of nitrogens with two attached hydrogens (primary N) is 1. The molecule has 2 aromatic heterocycles. The summed E-state index contributed by atoms with van der Waals surface area (Å²) in [7, 11) is 0. The lowest BCUT2D eigenvalue weighted by Crippen LogP contribution is -2.23. The molecule has 1 aromatic carbocycles. The van der Waals surface area contributed by atoms with Crippen LogP contribution >= 0.6 is 0 Å². The average molecular weight is 320 g/mol. The van der Waals surface area contributed by atoms with Crippen LogP contribution in [0.3, 0.4) is 0 Å². The lowest BCUT2D eigenvalue weighted by Gasteiger charge is -2.24. The van der Waals surface area contributed by atoms with Gasteiger partial charge in [-0.25, -0.2) is 4.98 Å². The monoisotopic (exact) mass is 320 g/mol. The largest absolute Gasteiger partial charge is 0.369 e. The van der Waals surface area contributed by atoms with E-state index in [-0.39, 0.29) is 28.9 Å². The predicted molar refractivity (Wildman–Crippen MR) is 91.1 cm³/mol. The number of Topliss-reactive ketones (excluding diaryl/α,β-unsaturated/α-hetero) is 1. The number of aryl methyl sites for hydroxylation is 1. The number of benzene rings is 1. The molecule has 0 aliphatic heterocycles. The standard InChI is InChI=1S/C18H16N4O2/c1-9-3-2-4-10(5-9)11-6-12-13(14(23)7-11)8-20-16-15(12)17(24)22-18(19)21-16/h2-5,8,11H,6-7H2,1H3,(H3,19,20,21,22,24)/t11-/m0/s1. The smallest absolute Gasteiger partial charge is 0.262 e. The minimum Gasteiger partial charge on any atom is -0.369 e. The Hall–Kier alpha value is -3.02. The average Bonchev–Trinajstić information content (AvgIpc) is 2.53. The van der Waals surface area contributed by atoms with E-state index < -0.39 is 0 Å². The van der Waals surface area contributed by atoms with Crippen LogP contribution < -0.4 is 11.3 Å². The molecule has 0 bridgehead atoms. The number of fused-ring (bicyclic) bond motifs is 3. The van der Waals surface area contributed by atoms with Crippen molar-refractivity contribution in [2.75, 3.05) is 5.73 Å². The van der Waals surface area contributed by atoms with Crippen LogP contribution in [0.2, 0.25) is 0 Å². The number of aromatic nitrogens is 3. The van der Waals surface area contributed by atoms with Crippen LogP contribution in [0.4, 0.5) is 5.95 Å². The maximum Gasteiger partial charge on any atom is 0.262 e. The molecule has 1 atom stereocenters. The second-order valence-corrected chi connectivity index (χ2v) is 6.24. The molecule has 120 valence electrons. The Balaban J connectivity index is 1.91. The summed E-state index contributed by atoms with van der Waals surface area (Å²) < 4.78 is 0. The Bertz CT molecular complexity index is 1040. The summed E-state index contributed by atoms with van der Waals surface area (Å²) >= 11 is 0. The lowest BCUT2D eigenvalue weighted by molar-refractivity contribution is 0.0964. The van der Waals surface area contributed by atoms with Crippen molar-refractivity contribution in [2.24, 2.45) is 0 Å². The number of carbonyl (C=O) groups is 1. The van der Waals surface area contributed by atoms with Crippen LogP contribution in [0.1, 0.15) is 39.4 Å². The van der Waals surface area contributed by atoms with Crippen LogP contribution in [0.25, 0.3) is 11.0 Å². The fourth-order valence-electron chi connectivity index (χ4n) is 3.45. The summed E-state index contributed by atoms with van der Waals surface area (Å²) in [4.78, 5) is 35.7. The van der Waals surface area contributed by atoms with Gasteiger partial charge in [0.1, 0.15) is 0 Å². The first-order chi connectivity index (χ1) is 11.5. The van der Waals surface area contributed by atoms with Crippen molar-refractivity contribution >= 4 is 22.8 Å². The van der Waals surface area contributed by atoms with E-state index in [1.807, 2.05) is 25.1 Å². The fourth-order valence-corrected chi connectivity index (χ4v) is 3.45. The number of carbonyl (C=O) groups excluding carboxylic acids is 1. The third-order valence-electron chi connectivity index (χ3n) is 4.56. The SMILES string of the molecule is Cc1cccc([C@@H]2CC(=O)c3cnc4nc(N)[nH]c(=O)c4c3C2)c1. The number of aromatic amines is 1. The molecular formula is C18H16N4O2. The number of nitrogen functional groups attached to an aromatic ring is 1. The molecule has 3 N–H and O–H groups in total. The van der Waals surface area contributed by atoms with E-state index in [9.17, 15) is 9.59 Å². The first kappa shape index (κ1) is 14.6. The summed E-state index contributed by atoms with van der Waals surface area (Å²) in [6, 6.07) is 8.13. The first-order valence-corrected chi connectivity index (χ1v) is 7.80. The normalized spacial score (nSPS) is 17.0. The topological polar surface area (TPSA) is 102 Å². The Kier molecular flexibility index (Phi) is 3.19. The molecule has 0 saturated carbocycles. The summed E-state index contributed by atoms with van der Waals surface area (Å²) in [5.41, 5.74) is 9.02. The van der Waals surface area contributed by atoms with Crippen molar-refractivity contribution in [1.82, 2.24) is 15.0 Å². The van der Waals surface area contributed by atoms with Crippen LogP contribution in [-0.4, -0.2) is 20.7 Å². The number of hydrogen-bond donors (Lipinski definition) is 2. The second-order valence-electron chi connectivity index (χ2n) is 6.24.